The molecule has 1 aromatic heterocycles. The minimum Gasteiger partial charge on any atom is -0.359 e. The first-order valence-electron chi connectivity index (χ1n) is 6.63. The van der Waals surface area contributed by atoms with Crippen LogP contribution >= 0.6 is 11.5 Å². The minimum absolute atomic E-state index is 0.0317. The molecule has 5 heteroatoms. The second-order valence-electron chi connectivity index (χ2n) is 5.84. The van der Waals surface area contributed by atoms with Crippen LogP contribution in [0.25, 0.3) is 0 Å². The summed E-state index contributed by atoms with van der Waals surface area (Å²) >= 11 is 1.45. The van der Waals surface area contributed by atoms with Crippen molar-refractivity contribution in [1.29, 1.82) is 0 Å². The van der Waals surface area contributed by atoms with Crippen molar-refractivity contribution in [3.8, 4) is 0 Å². The normalized spacial score (nSPS) is 13.9. The summed E-state index contributed by atoms with van der Waals surface area (Å²) in [5.41, 5.74) is 0.0317. The van der Waals surface area contributed by atoms with Gasteiger partial charge in [0.25, 0.3) is 0 Å². The van der Waals surface area contributed by atoms with E-state index in [0.717, 1.165) is 24.0 Å². The quantitative estimate of drug-likeness (QED) is 0.863. The molecule has 0 saturated heterocycles. The second kappa shape index (κ2) is 6.48. The number of nitrogens with zero attached hydrogens (tertiary/aromatic N) is 3. The van der Waals surface area contributed by atoms with Crippen molar-refractivity contribution in [3.05, 3.63) is 5.82 Å². The molecule has 18 heavy (non-hydrogen) atoms. The van der Waals surface area contributed by atoms with Crippen molar-refractivity contribution >= 4 is 16.7 Å². The zero-order valence-electron chi connectivity index (χ0n) is 12.4. The lowest BCUT2D eigenvalue weighted by atomic mass is 9.96. The lowest BCUT2D eigenvalue weighted by Gasteiger charge is -2.23. The average molecular weight is 270 g/mol. The van der Waals surface area contributed by atoms with Crippen molar-refractivity contribution in [2.24, 2.45) is 0 Å². The van der Waals surface area contributed by atoms with E-state index in [2.05, 4.69) is 61.2 Å². The smallest absolute Gasteiger partial charge is 0.202 e. The van der Waals surface area contributed by atoms with Gasteiger partial charge in [-0.2, -0.15) is 4.37 Å². The number of rotatable bonds is 6. The van der Waals surface area contributed by atoms with Crippen molar-refractivity contribution in [2.45, 2.75) is 52.5 Å². The van der Waals surface area contributed by atoms with Crippen LogP contribution in [-0.4, -0.2) is 40.4 Å². The summed E-state index contributed by atoms with van der Waals surface area (Å²) in [6.45, 7) is 12.8. The number of nitrogens with one attached hydrogen (secondary N) is 1. The van der Waals surface area contributed by atoms with Gasteiger partial charge < -0.3 is 10.2 Å². The number of anilines is 1. The lowest BCUT2D eigenvalue weighted by Crippen LogP contribution is -2.32. The van der Waals surface area contributed by atoms with E-state index in [1.807, 2.05) is 0 Å². The van der Waals surface area contributed by atoms with E-state index in [1.54, 1.807) is 0 Å². The molecule has 1 rings (SSSR count). The standard InChI is InChI=1S/C13H26N4S/c1-7-10(2)17(6)9-8-14-12-15-11(16-18-12)13(3,4)5/h10H,7-9H2,1-6H3,(H,14,15,16). The van der Waals surface area contributed by atoms with Crippen LogP contribution < -0.4 is 5.32 Å². The van der Waals surface area contributed by atoms with E-state index in [9.17, 15) is 0 Å². The maximum absolute atomic E-state index is 4.52. The predicted molar refractivity (Wildman–Crippen MR) is 79.5 cm³/mol. The van der Waals surface area contributed by atoms with Gasteiger partial charge in [-0.1, -0.05) is 27.7 Å². The zero-order chi connectivity index (χ0) is 13.8. The fourth-order valence-corrected chi connectivity index (χ4v) is 2.25. The van der Waals surface area contributed by atoms with E-state index in [1.165, 1.54) is 18.0 Å². The maximum Gasteiger partial charge on any atom is 0.202 e. The van der Waals surface area contributed by atoms with Gasteiger partial charge in [-0.25, -0.2) is 4.98 Å². The Morgan fingerprint density at radius 1 is 1.39 bits per heavy atom. The first-order valence-corrected chi connectivity index (χ1v) is 7.40. The molecule has 4 nitrogen and oxygen atoms in total. The summed E-state index contributed by atoms with van der Waals surface area (Å²) in [4.78, 5) is 6.88. The molecule has 1 heterocycles. The molecule has 104 valence electrons. The molecule has 0 aliphatic rings. The van der Waals surface area contributed by atoms with E-state index >= 15 is 0 Å². The summed E-state index contributed by atoms with van der Waals surface area (Å²) in [7, 11) is 2.16. The van der Waals surface area contributed by atoms with Crippen LogP contribution in [0.1, 0.15) is 46.9 Å². The predicted octanol–water partition coefficient (Wildman–Crippen LogP) is 2.98. The molecule has 0 saturated carbocycles. The van der Waals surface area contributed by atoms with Gasteiger partial charge >= 0.3 is 0 Å². The summed E-state index contributed by atoms with van der Waals surface area (Å²) in [6, 6.07) is 0.631. The number of likely N-dealkylation sites (N-methyl/N-ethyl adjacent to an activating group) is 1. The van der Waals surface area contributed by atoms with E-state index in [0.29, 0.717) is 6.04 Å². The summed E-state index contributed by atoms with van der Waals surface area (Å²) in [6.07, 6.45) is 1.18. The van der Waals surface area contributed by atoms with E-state index in [-0.39, 0.29) is 5.41 Å². The molecule has 1 unspecified atom stereocenters. The van der Waals surface area contributed by atoms with Crippen molar-refractivity contribution in [1.82, 2.24) is 14.3 Å². The van der Waals surface area contributed by atoms with Gasteiger partial charge in [0.2, 0.25) is 5.13 Å². The van der Waals surface area contributed by atoms with Crippen LogP contribution in [0.4, 0.5) is 5.13 Å². The van der Waals surface area contributed by atoms with Crippen LogP contribution in [0.15, 0.2) is 0 Å². The summed E-state index contributed by atoms with van der Waals surface area (Å²) < 4.78 is 4.39. The average Bonchev–Trinajstić information content (AvgIpc) is 2.76. The highest BCUT2D eigenvalue weighted by Gasteiger charge is 2.19. The van der Waals surface area contributed by atoms with Crippen molar-refractivity contribution < 1.29 is 0 Å². The third-order valence-electron chi connectivity index (χ3n) is 3.18. The van der Waals surface area contributed by atoms with Gasteiger partial charge in [0, 0.05) is 36.1 Å². The molecule has 0 aromatic carbocycles. The van der Waals surface area contributed by atoms with Crippen molar-refractivity contribution in [3.63, 3.8) is 0 Å². The molecule has 0 aliphatic heterocycles. The van der Waals surface area contributed by atoms with Crippen LogP contribution in [-0.2, 0) is 5.41 Å². The zero-order valence-corrected chi connectivity index (χ0v) is 13.3. The van der Waals surface area contributed by atoms with E-state index < -0.39 is 0 Å². The molecule has 0 amide bonds. The first kappa shape index (κ1) is 15.4. The monoisotopic (exact) mass is 270 g/mol. The Bertz CT molecular complexity index is 356. The van der Waals surface area contributed by atoms with Crippen LogP contribution in [0.3, 0.4) is 0 Å². The minimum atomic E-state index is 0.0317. The largest absolute Gasteiger partial charge is 0.359 e. The third kappa shape index (κ3) is 4.53. The van der Waals surface area contributed by atoms with Gasteiger partial charge in [0.15, 0.2) is 0 Å². The fraction of sp³-hybridized carbons (Fsp3) is 0.846. The Balaban J connectivity index is 2.38. The Labute approximate surface area is 115 Å². The molecule has 1 atom stereocenters. The van der Waals surface area contributed by atoms with Gasteiger partial charge in [-0.3, -0.25) is 0 Å². The molecule has 0 bridgehead atoms. The van der Waals surface area contributed by atoms with Crippen molar-refractivity contribution in [2.75, 3.05) is 25.5 Å². The van der Waals surface area contributed by atoms with Crippen LogP contribution in [0.5, 0.6) is 0 Å². The Kier molecular flexibility index (Phi) is 5.53. The summed E-state index contributed by atoms with van der Waals surface area (Å²) in [5, 5.41) is 4.28. The Morgan fingerprint density at radius 2 is 2.06 bits per heavy atom. The van der Waals surface area contributed by atoms with Gasteiger partial charge in [0.1, 0.15) is 5.82 Å². The molecular weight excluding hydrogens is 244 g/mol. The molecule has 1 aromatic rings. The van der Waals surface area contributed by atoms with E-state index in [4.69, 9.17) is 0 Å². The van der Waals surface area contributed by atoms with Gasteiger partial charge in [0.05, 0.1) is 0 Å². The third-order valence-corrected chi connectivity index (χ3v) is 3.85. The fourth-order valence-electron chi connectivity index (χ4n) is 1.47. The maximum atomic E-state index is 4.52. The molecule has 0 radical (unpaired) electrons. The van der Waals surface area contributed by atoms with Gasteiger partial charge in [-0.15, -0.1) is 0 Å². The van der Waals surface area contributed by atoms with Crippen LogP contribution in [0.2, 0.25) is 0 Å². The number of hydrogen-bond acceptors (Lipinski definition) is 5. The highest BCUT2D eigenvalue weighted by atomic mass is 32.1. The molecule has 1 N–H and O–H groups in total. The Hall–Kier alpha value is -0.680. The SMILES string of the molecule is CCC(C)N(C)CCNc1nc(C(C)(C)C)ns1. The summed E-state index contributed by atoms with van der Waals surface area (Å²) in [5.74, 6) is 0.922. The first-order chi connectivity index (χ1) is 8.34. The number of hydrogen-bond donors (Lipinski definition) is 1. The number of aromatic nitrogens is 2. The second-order valence-corrected chi connectivity index (χ2v) is 6.59. The highest BCUT2D eigenvalue weighted by molar-refractivity contribution is 7.09. The molecular formula is C13H26N4S. The topological polar surface area (TPSA) is 41.0 Å². The lowest BCUT2D eigenvalue weighted by molar-refractivity contribution is 0.261. The Morgan fingerprint density at radius 3 is 2.56 bits per heavy atom. The molecule has 0 fully saturated rings. The molecule has 0 spiro atoms. The van der Waals surface area contributed by atoms with Gasteiger partial charge in [-0.05, 0) is 20.4 Å². The highest BCUT2D eigenvalue weighted by Crippen LogP contribution is 2.22. The molecule has 0 aliphatic carbocycles. The van der Waals surface area contributed by atoms with Crippen LogP contribution in [0, 0.1) is 0 Å².